The van der Waals surface area contributed by atoms with Gasteiger partial charge in [0.15, 0.2) is 6.61 Å². The zero-order valence-electron chi connectivity index (χ0n) is 14.6. The van der Waals surface area contributed by atoms with Crippen LogP contribution >= 0.6 is 0 Å². The molecule has 1 amide bonds. The van der Waals surface area contributed by atoms with E-state index in [0.29, 0.717) is 28.9 Å². The molecule has 0 aliphatic carbocycles. The van der Waals surface area contributed by atoms with Crippen molar-refractivity contribution < 1.29 is 14.3 Å². The third-order valence-corrected chi connectivity index (χ3v) is 4.27. The summed E-state index contributed by atoms with van der Waals surface area (Å²) in [6, 6.07) is 14.9. The number of ether oxygens (including phenoxy) is 2. The van der Waals surface area contributed by atoms with Crippen molar-refractivity contribution in [1.29, 1.82) is 0 Å². The number of amides is 1. The molecule has 5 rings (SSSR count). The maximum Gasteiger partial charge on any atom is 0.262 e. The first kappa shape index (κ1) is 16.1. The molecule has 3 N–H and O–H groups in total. The minimum absolute atomic E-state index is 0.0287. The molecule has 0 saturated heterocycles. The highest BCUT2D eigenvalue weighted by Crippen LogP contribution is 2.32. The summed E-state index contributed by atoms with van der Waals surface area (Å²) in [5, 5.41) is 7.01. The van der Waals surface area contributed by atoms with Gasteiger partial charge in [0.2, 0.25) is 5.88 Å². The summed E-state index contributed by atoms with van der Waals surface area (Å²) in [5.41, 5.74) is 2.41. The predicted molar refractivity (Wildman–Crippen MR) is 104 cm³/mol. The van der Waals surface area contributed by atoms with Crippen LogP contribution < -0.4 is 20.1 Å². The first-order valence-electron chi connectivity index (χ1n) is 8.64. The smallest absolute Gasteiger partial charge is 0.262 e. The zero-order valence-corrected chi connectivity index (χ0v) is 14.6. The molecule has 28 heavy (non-hydrogen) atoms. The van der Waals surface area contributed by atoms with Crippen molar-refractivity contribution in [3.63, 3.8) is 0 Å². The van der Waals surface area contributed by atoms with Gasteiger partial charge >= 0.3 is 0 Å². The SMILES string of the molecule is O=C1COc2ccc(Nc3cc(Oc4ccc5[nH]ccc5c4)ncn3)cc2N1. The van der Waals surface area contributed by atoms with Crippen LogP contribution in [0.1, 0.15) is 0 Å². The summed E-state index contributed by atoms with van der Waals surface area (Å²) in [4.78, 5) is 23.0. The number of nitrogens with one attached hydrogen (secondary N) is 3. The molecule has 1 aliphatic rings. The van der Waals surface area contributed by atoms with Gasteiger partial charge in [0.1, 0.15) is 23.6 Å². The lowest BCUT2D eigenvalue weighted by molar-refractivity contribution is -0.118. The Morgan fingerprint density at radius 1 is 1.07 bits per heavy atom. The summed E-state index contributed by atoms with van der Waals surface area (Å²) < 4.78 is 11.2. The highest BCUT2D eigenvalue weighted by molar-refractivity contribution is 5.96. The first-order chi connectivity index (χ1) is 13.7. The number of rotatable bonds is 4. The third-order valence-electron chi connectivity index (χ3n) is 4.27. The quantitative estimate of drug-likeness (QED) is 0.503. The average Bonchev–Trinajstić information content (AvgIpc) is 3.16. The topological polar surface area (TPSA) is 101 Å². The highest BCUT2D eigenvalue weighted by atomic mass is 16.5. The molecule has 1 aliphatic heterocycles. The van der Waals surface area contributed by atoms with Gasteiger partial charge in [-0.05, 0) is 42.5 Å². The average molecular weight is 373 g/mol. The van der Waals surface area contributed by atoms with E-state index in [2.05, 4.69) is 25.6 Å². The molecule has 4 aromatic rings. The van der Waals surface area contributed by atoms with Crippen molar-refractivity contribution in [3.8, 4) is 17.4 Å². The first-order valence-corrected chi connectivity index (χ1v) is 8.64. The van der Waals surface area contributed by atoms with Crippen molar-refractivity contribution in [2.24, 2.45) is 0 Å². The largest absolute Gasteiger partial charge is 0.482 e. The second-order valence-corrected chi connectivity index (χ2v) is 6.24. The molecule has 0 saturated carbocycles. The van der Waals surface area contributed by atoms with E-state index in [9.17, 15) is 4.79 Å². The van der Waals surface area contributed by atoms with Gasteiger partial charge in [-0.1, -0.05) is 0 Å². The van der Waals surface area contributed by atoms with E-state index in [1.807, 2.05) is 36.5 Å². The third kappa shape index (κ3) is 3.18. The van der Waals surface area contributed by atoms with Crippen molar-refractivity contribution in [2.45, 2.75) is 0 Å². The minimum Gasteiger partial charge on any atom is -0.482 e. The van der Waals surface area contributed by atoms with E-state index in [-0.39, 0.29) is 12.5 Å². The summed E-state index contributed by atoms with van der Waals surface area (Å²) in [6.45, 7) is 0.0287. The summed E-state index contributed by atoms with van der Waals surface area (Å²) in [6.07, 6.45) is 3.31. The van der Waals surface area contributed by atoms with Gasteiger partial charge in [-0.25, -0.2) is 9.97 Å². The van der Waals surface area contributed by atoms with Gasteiger partial charge < -0.3 is 25.1 Å². The van der Waals surface area contributed by atoms with Gasteiger partial charge in [0, 0.05) is 28.9 Å². The second-order valence-electron chi connectivity index (χ2n) is 6.24. The minimum atomic E-state index is -0.179. The number of nitrogens with zero attached hydrogens (tertiary/aromatic N) is 2. The number of aromatic amines is 1. The molecular formula is C20H15N5O3. The normalized spacial score (nSPS) is 12.8. The Kier molecular flexibility index (Phi) is 3.79. The number of fused-ring (bicyclic) bond motifs is 2. The van der Waals surface area contributed by atoms with Crippen LogP contribution in [0.3, 0.4) is 0 Å². The molecule has 2 aromatic carbocycles. The second kappa shape index (κ2) is 6.58. The Bertz CT molecular complexity index is 1190. The predicted octanol–water partition coefficient (Wildman–Crippen LogP) is 3.82. The Labute approximate surface area is 159 Å². The van der Waals surface area contributed by atoms with Crippen LogP contribution in [0.4, 0.5) is 17.2 Å². The summed E-state index contributed by atoms with van der Waals surface area (Å²) >= 11 is 0. The number of hydrogen-bond donors (Lipinski definition) is 3. The lowest BCUT2D eigenvalue weighted by Crippen LogP contribution is -2.25. The number of carbonyl (C=O) groups is 1. The highest BCUT2D eigenvalue weighted by Gasteiger charge is 2.16. The summed E-state index contributed by atoms with van der Waals surface area (Å²) in [5.74, 6) is 2.13. The van der Waals surface area contributed by atoms with E-state index < -0.39 is 0 Å². The maximum absolute atomic E-state index is 11.5. The van der Waals surface area contributed by atoms with Crippen LogP contribution in [-0.2, 0) is 4.79 Å². The van der Waals surface area contributed by atoms with Crippen molar-refractivity contribution in [1.82, 2.24) is 15.0 Å². The standard InChI is InChI=1S/C20H15N5O3/c26-19-10-27-17-4-1-13(8-16(17)25-19)24-18-9-20(23-11-22-18)28-14-2-3-15-12(7-14)5-6-21-15/h1-9,11,21H,10H2,(H,25,26)(H,22,23,24). The van der Waals surface area contributed by atoms with Crippen LogP contribution in [0, 0.1) is 0 Å². The molecule has 0 bridgehead atoms. The van der Waals surface area contributed by atoms with E-state index >= 15 is 0 Å². The number of benzene rings is 2. The Balaban J connectivity index is 1.35. The molecule has 0 fully saturated rings. The fourth-order valence-corrected chi connectivity index (χ4v) is 2.99. The Hall–Kier alpha value is -4.07. The van der Waals surface area contributed by atoms with Crippen LogP contribution in [0.5, 0.6) is 17.4 Å². The molecule has 8 nitrogen and oxygen atoms in total. The number of H-pyrrole nitrogens is 1. The van der Waals surface area contributed by atoms with Gasteiger partial charge in [-0.2, -0.15) is 0 Å². The zero-order chi connectivity index (χ0) is 18.9. The van der Waals surface area contributed by atoms with Gasteiger partial charge in [0.25, 0.3) is 5.91 Å². The van der Waals surface area contributed by atoms with Crippen molar-refractivity contribution in [3.05, 3.63) is 61.1 Å². The molecule has 0 spiro atoms. The molecule has 138 valence electrons. The van der Waals surface area contributed by atoms with E-state index in [1.54, 1.807) is 18.2 Å². The van der Waals surface area contributed by atoms with Crippen LogP contribution in [0.25, 0.3) is 10.9 Å². The molecule has 0 radical (unpaired) electrons. The number of anilines is 3. The van der Waals surface area contributed by atoms with Gasteiger partial charge in [-0.3, -0.25) is 4.79 Å². The molecule has 8 heteroatoms. The molecule has 0 atom stereocenters. The fourth-order valence-electron chi connectivity index (χ4n) is 2.99. The van der Waals surface area contributed by atoms with Crippen LogP contribution in [0.15, 0.2) is 61.1 Å². The van der Waals surface area contributed by atoms with Crippen molar-refractivity contribution >= 4 is 34.0 Å². The number of carbonyl (C=O) groups excluding carboxylic acids is 1. The molecule has 3 heterocycles. The summed E-state index contributed by atoms with van der Waals surface area (Å²) in [7, 11) is 0. The molecule has 0 unspecified atom stereocenters. The van der Waals surface area contributed by atoms with E-state index in [1.165, 1.54) is 6.33 Å². The van der Waals surface area contributed by atoms with E-state index in [4.69, 9.17) is 9.47 Å². The lowest BCUT2D eigenvalue weighted by Gasteiger charge is -2.18. The lowest BCUT2D eigenvalue weighted by atomic mass is 10.2. The van der Waals surface area contributed by atoms with Gasteiger partial charge in [0.05, 0.1) is 5.69 Å². The van der Waals surface area contributed by atoms with Crippen LogP contribution in [0.2, 0.25) is 0 Å². The maximum atomic E-state index is 11.5. The fraction of sp³-hybridized carbons (Fsp3) is 0.0500. The number of hydrogen-bond acceptors (Lipinski definition) is 6. The Morgan fingerprint density at radius 2 is 2.04 bits per heavy atom. The Morgan fingerprint density at radius 3 is 3.00 bits per heavy atom. The van der Waals surface area contributed by atoms with Gasteiger partial charge in [-0.15, -0.1) is 0 Å². The number of aromatic nitrogens is 3. The van der Waals surface area contributed by atoms with E-state index in [0.717, 1.165) is 16.6 Å². The molecule has 2 aromatic heterocycles. The van der Waals surface area contributed by atoms with Crippen molar-refractivity contribution in [2.75, 3.05) is 17.2 Å². The molecular weight excluding hydrogens is 358 g/mol. The monoisotopic (exact) mass is 373 g/mol. The van der Waals surface area contributed by atoms with Crippen LogP contribution in [-0.4, -0.2) is 27.5 Å².